The zero-order valence-corrected chi connectivity index (χ0v) is 85.8. The number of Topliss-reactive ketones (excluding diaryl/α,β-unsaturated/α-hetero) is 2. The zero-order chi connectivity index (χ0) is 103. The second-order valence-corrected chi connectivity index (χ2v) is 39.5. The van der Waals surface area contributed by atoms with E-state index in [0.29, 0.717) is 199 Å². The Bertz CT molecular complexity index is 5600. The standard InChI is InChI=1S/C67H103N5O16.C39H45N13O4/c1-42-18-14-13-15-19-43(2)54(82-9)38-51-24-21-48(7)67(80,88-51)63(77)64(78)72-28-17-16-20-52(72)65(79)87-56(39-55(83-10)44(3)35-47(6)61(76)62(85-12)60(75)46(5)34-42)45(4)36-49-22-25-53(57(37-49)84-11)86-59(74)26-23-50-40-68-66(69-41-50)71-31-29-70(30-32-71)58(73)27-33-81-8;1-2-10-49-12-14-50(15-13-49)39-43-20-29(21-44-39)37(54)42-9-17-55-16-8-32(53)51-11-7-26-18-25(3-4-28(26)23-51)22-52-36-33(35(40)45-24-46-36)34(48-52)27-5-6-31-30(19-27)47-38(41)56-31/h13-15,18-19,35,40-42,44-46,48-49,51-57,61-62,76,80H,16-17,20-34,36-39H2,1-12H3;3-6,18-21,24H,2,7-17,22-23H2,1H3,(H2,41,47)(H,42,54)(H2,40,45,46)/b15-13+,18-14+,43-19+,47-35+;/t42-,44-,45-,46-,48-,49+,51+,52+,53-,54+,55-,56+,57-,61-,62+,67-;/m1./s1. The van der Waals surface area contributed by atoms with Gasteiger partial charge >= 0.3 is 11.9 Å². The SMILES string of the molecule is CCCN1CCN(c2ncc(C(=O)NCCOCCC(=O)N3CCc4cc(Cn5nc(-c6ccc7oc(N)nc7c6)c6c(N)ncnc65)ccc4C3)cn2)CC1.COCCC(=O)N1CCN(c2ncc(CCC(=O)O[C@@H]3CC[C@@H](C[C@@H](C)[C@@H]4C[C@@H](OC)[C@H](C)/C=C(\C)[C@@H](O)[C@@H](OC)C(=O)[C@H](C)C[C@H](C)/C=C/C=C/C=C(\C)[C@@H](OC)C[C@@H]5CC[C@@H](C)[C@@](O)(O5)C(=O)C(=O)N5CCCC[C@H]5C(=O)O4)C[C@H]3OC)cn2)CC1. The number of carbonyl (C=O) groups excluding carboxylic acids is 8. The molecule has 4 amide bonds. The number of carbonyl (C=O) groups is 8. The number of aliphatic hydroxyl groups excluding tert-OH is 1. The molecule has 2 aromatic carbocycles. The fourth-order valence-corrected chi connectivity index (χ4v) is 20.7. The minimum atomic E-state index is -2.44. The third-order valence-electron chi connectivity index (χ3n) is 29.2. The van der Waals surface area contributed by atoms with Gasteiger partial charge in [-0.2, -0.15) is 10.1 Å². The molecule has 782 valence electrons. The predicted octanol–water partition coefficient (Wildman–Crippen LogP) is 10.2. The number of allylic oxidation sites excluding steroid dienone is 5. The highest BCUT2D eigenvalue weighted by Crippen LogP contribution is 2.41. The summed E-state index contributed by atoms with van der Waals surface area (Å²) in [5, 5.41) is 32.3. The Morgan fingerprint density at radius 3 is 2.12 bits per heavy atom. The number of piperidine rings is 1. The minimum absolute atomic E-state index is 0.0196. The molecule has 1 saturated carbocycles. The van der Waals surface area contributed by atoms with Gasteiger partial charge in [0.25, 0.3) is 23.6 Å². The molecule has 14 rings (SSSR count). The number of oxazole rings is 1. The van der Waals surface area contributed by atoms with Crippen molar-refractivity contribution in [3.05, 3.63) is 143 Å². The van der Waals surface area contributed by atoms with Crippen molar-refractivity contribution in [2.45, 2.75) is 245 Å². The maximum Gasteiger partial charge on any atom is 0.329 e. The van der Waals surface area contributed by atoms with E-state index >= 15 is 0 Å². The zero-order valence-electron chi connectivity index (χ0n) is 85.8. The van der Waals surface area contributed by atoms with E-state index in [-0.39, 0.29) is 98.0 Å². The molecule has 5 fully saturated rings. The number of nitrogens with two attached hydrogens (primary N) is 2. The van der Waals surface area contributed by atoms with Crippen molar-refractivity contribution in [2.24, 2.45) is 35.5 Å². The lowest BCUT2D eigenvalue weighted by atomic mass is 9.78. The Morgan fingerprint density at radius 1 is 0.688 bits per heavy atom. The number of nitrogen functional groups attached to an aromatic ring is 2. The summed E-state index contributed by atoms with van der Waals surface area (Å²) in [7, 11) is 7.77. The van der Waals surface area contributed by atoms with Crippen molar-refractivity contribution in [2.75, 3.05) is 155 Å². The highest BCUT2D eigenvalue weighted by atomic mass is 16.6. The van der Waals surface area contributed by atoms with Crippen LogP contribution in [0.1, 0.15) is 191 Å². The van der Waals surface area contributed by atoms with Crippen LogP contribution in [-0.4, -0.2) is 316 Å². The maximum absolute atomic E-state index is 14.9. The van der Waals surface area contributed by atoms with Gasteiger partial charge in [0.15, 0.2) is 17.0 Å². The molecule has 38 nitrogen and oxygen atoms in total. The van der Waals surface area contributed by atoms with E-state index in [1.807, 2.05) is 103 Å². The molecule has 38 heteroatoms. The van der Waals surface area contributed by atoms with Crippen LogP contribution in [0.25, 0.3) is 33.4 Å². The van der Waals surface area contributed by atoms with E-state index in [4.69, 9.17) is 63.6 Å². The molecule has 11 heterocycles. The predicted molar refractivity (Wildman–Crippen MR) is 541 cm³/mol. The molecule has 0 unspecified atom stereocenters. The van der Waals surface area contributed by atoms with Gasteiger partial charge < -0.3 is 98.5 Å². The number of nitrogens with zero attached hydrogens (tertiary/aromatic N) is 15. The van der Waals surface area contributed by atoms with Crippen LogP contribution in [-0.2, 0) is 102 Å². The van der Waals surface area contributed by atoms with Crippen molar-refractivity contribution in [3.8, 4) is 11.3 Å². The third kappa shape index (κ3) is 28.6. The summed E-state index contributed by atoms with van der Waals surface area (Å²) in [5.74, 6) is -6.15. The van der Waals surface area contributed by atoms with Gasteiger partial charge in [-0.25, -0.2) is 39.4 Å². The number of methoxy groups -OCH3 is 5. The first-order chi connectivity index (χ1) is 69.4. The fourth-order valence-electron chi connectivity index (χ4n) is 20.7. The monoisotopic (exact) mass is 1990 g/mol. The summed E-state index contributed by atoms with van der Waals surface area (Å²) >= 11 is 0. The Hall–Kier alpha value is -11.5. The lowest BCUT2D eigenvalue weighted by molar-refractivity contribution is -0.265. The van der Waals surface area contributed by atoms with Crippen molar-refractivity contribution < 1.29 is 95.6 Å². The Labute approximate surface area is 843 Å². The van der Waals surface area contributed by atoms with Gasteiger partial charge in [-0.15, -0.1) is 0 Å². The lowest BCUT2D eigenvalue weighted by Crippen LogP contribution is -2.61. The summed E-state index contributed by atoms with van der Waals surface area (Å²) < 4.78 is 60.7. The third-order valence-corrected chi connectivity index (χ3v) is 29.2. The molecule has 7 aromatic rings. The summed E-state index contributed by atoms with van der Waals surface area (Å²) in [6, 6.07) is 10.8. The number of fused-ring (bicyclic) bond motifs is 6. The number of piperazine rings is 2. The van der Waals surface area contributed by atoms with Gasteiger partial charge in [0, 0.05) is 181 Å². The van der Waals surface area contributed by atoms with Crippen LogP contribution in [0, 0.1) is 35.5 Å². The van der Waals surface area contributed by atoms with Crippen molar-refractivity contribution in [1.82, 2.24) is 69.6 Å². The molecule has 4 saturated heterocycles. The average Bonchev–Trinajstić information content (AvgIpc) is 1.70. The molecule has 1 aliphatic carbocycles. The van der Waals surface area contributed by atoms with Gasteiger partial charge in [-0.3, -0.25) is 38.5 Å². The van der Waals surface area contributed by atoms with E-state index in [0.717, 1.165) is 73.4 Å². The second-order valence-electron chi connectivity index (χ2n) is 39.5. The Kier molecular flexibility index (Phi) is 40.1. The van der Waals surface area contributed by atoms with Crippen LogP contribution in [0.2, 0.25) is 0 Å². The summed E-state index contributed by atoms with van der Waals surface area (Å²) in [6.07, 6.45) is 22.6. The minimum Gasteiger partial charge on any atom is -0.460 e. The van der Waals surface area contributed by atoms with Crippen LogP contribution >= 0.6 is 0 Å². The smallest absolute Gasteiger partial charge is 0.329 e. The molecule has 144 heavy (non-hydrogen) atoms. The average molecular weight is 1990 g/mol. The number of aromatic nitrogens is 9. The van der Waals surface area contributed by atoms with Crippen molar-refractivity contribution >= 4 is 93.0 Å². The number of cyclic esters (lactones) is 1. The van der Waals surface area contributed by atoms with Crippen molar-refractivity contribution in [1.29, 1.82) is 0 Å². The number of nitrogens with one attached hydrogen (secondary N) is 1. The largest absolute Gasteiger partial charge is 0.460 e. The molecule has 16 atom stereocenters. The second kappa shape index (κ2) is 52.5. The quantitative estimate of drug-likeness (QED) is 0.0132. The molecular weight excluding hydrogens is 1850 g/mol. The van der Waals surface area contributed by atoms with E-state index in [9.17, 15) is 48.6 Å². The van der Waals surface area contributed by atoms with Gasteiger partial charge in [0.1, 0.15) is 53.8 Å². The highest BCUT2D eigenvalue weighted by molar-refractivity contribution is 6.39. The van der Waals surface area contributed by atoms with E-state index in [1.165, 1.54) is 23.9 Å². The number of benzene rings is 2. The first-order valence-electron chi connectivity index (χ1n) is 51.1. The number of esters is 2. The van der Waals surface area contributed by atoms with Crippen LogP contribution < -0.4 is 26.6 Å². The molecule has 5 aromatic heterocycles. The molecule has 6 aliphatic heterocycles. The molecule has 7 N–H and O–H groups in total. The molecule has 0 spiro atoms. The number of amides is 4. The normalized spacial score (nSPS) is 27.0. The van der Waals surface area contributed by atoms with Crippen LogP contribution in [0.4, 0.5) is 23.7 Å². The maximum atomic E-state index is 14.9. The molecule has 2 bridgehead atoms. The van der Waals surface area contributed by atoms with E-state index in [2.05, 4.69) is 75.1 Å². The number of aliphatic hydroxyl groups is 2. The lowest BCUT2D eigenvalue weighted by Gasteiger charge is -2.43. The number of ether oxygens (including phenoxy) is 9. The Balaban J connectivity index is 0.000000265. The molecule has 0 radical (unpaired) electrons. The number of anilines is 4. The highest BCUT2D eigenvalue weighted by Gasteiger charge is 2.54. The topological polar surface area (TPSA) is 465 Å². The number of ketones is 2. The van der Waals surface area contributed by atoms with Gasteiger partial charge in [-0.05, 0) is 173 Å². The molecule has 7 aliphatic rings. The summed E-state index contributed by atoms with van der Waals surface area (Å²) in [4.78, 5) is 152. The first kappa shape index (κ1) is 110. The molecular formula is C106H148N18O20. The van der Waals surface area contributed by atoms with Crippen LogP contribution in [0.15, 0.2) is 120 Å². The van der Waals surface area contributed by atoms with Gasteiger partial charge in [-0.1, -0.05) is 96.2 Å². The van der Waals surface area contributed by atoms with Gasteiger partial charge in [0.2, 0.25) is 29.5 Å². The van der Waals surface area contributed by atoms with E-state index < -0.39 is 90.2 Å². The Morgan fingerprint density at radius 2 is 1.41 bits per heavy atom. The van der Waals surface area contributed by atoms with E-state index in [1.54, 1.807) is 73.1 Å². The van der Waals surface area contributed by atoms with Crippen molar-refractivity contribution in [3.63, 3.8) is 0 Å². The van der Waals surface area contributed by atoms with Gasteiger partial charge in [0.05, 0.1) is 74.6 Å². The fraction of sp³-hybridized carbons (Fsp3) is 0.604. The van der Waals surface area contributed by atoms with Crippen LogP contribution in [0.3, 0.4) is 0 Å². The summed E-state index contributed by atoms with van der Waals surface area (Å²) in [5.41, 5.74) is 21.3. The number of hydrogen-bond acceptors (Lipinski definition) is 33. The number of aryl methyl sites for hydroxylation is 1. The number of rotatable bonds is 28. The number of hydrogen-bond donors (Lipinski definition) is 5. The first-order valence-corrected chi connectivity index (χ1v) is 51.1. The summed E-state index contributed by atoms with van der Waals surface area (Å²) in [6.45, 7) is 25.6. The van der Waals surface area contributed by atoms with Crippen LogP contribution in [0.5, 0.6) is 0 Å².